The van der Waals surface area contributed by atoms with Crippen molar-refractivity contribution in [1.29, 1.82) is 0 Å². The molecule has 4 fully saturated rings. The first-order valence-electron chi connectivity index (χ1n) is 21.7. The van der Waals surface area contributed by atoms with Gasteiger partial charge in [-0.15, -0.1) is 11.3 Å². The average molecular weight is 794 g/mol. The second kappa shape index (κ2) is 13.4. The zero-order chi connectivity index (χ0) is 39.4. The fourth-order valence-corrected chi connectivity index (χ4v) is 13.3. The number of fused-ring (bicyclic) bond motifs is 10. The first kappa shape index (κ1) is 34.7. The quantitative estimate of drug-likeness (QED) is 0.178. The number of benzene rings is 6. The largest absolute Gasteiger partial charge is 0.456 e. The van der Waals surface area contributed by atoms with E-state index in [0.29, 0.717) is 22.9 Å². The van der Waals surface area contributed by atoms with Gasteiger partial charge in [0.15, 0.2) is 17.5 Å². The number of rotatable bonds is 4. The highest BCUT2D eigenvalue weighted by atomic mass is 32.1. The number of nitrogens with zero attached hydrogens (tertiary/aromatic N) is 3. The number of thiophene rings is 1. The molecular formula is C55H43N3OS. The molecule has 4 bridgehead atoms. The number of ether oxygens (including phenoxy) is 1. The Morgan fingerprint density at radius 1 is 0.483 bits per heavy atom. The molecule has 8 aromatic rings. The maximum atomic E-state index is 6.90. The van der Waals surface area contributed by atoms with Gasteiger partial charge in [0.25, 0.3) is 0 Å². The van der Waals surface area contributed by atoms with Gasteiger partial charge >= 0.3 is 0 Å². The fourth-order valence-electron chi connectivity index (χ4n) is 12.2. The third-order valence-corrected chi connectivity index (χ3v) is 15.7. The molecule has 2 atom stereocenters. The van der Waals surface area contributed by atoms with E-state index >= 15 is 0 Å². The third kappa shape index (κ3) is 5.59. The molecule has 14 rings (SSSR count). The van der Waals surface area contributed by atoms with Crippen LogP contribution >= 0.6 is 11.3 Å². The maximum Gasteiger partial charge on any atom is 0.164 e. The highest BCUT2D eigenvalue weighted by Crippen LogP contribution is 2.61. The number of hydrogen-bond acceptors (Lipinski definition) is 5. The second-order valence-electron chi connectivity index (χ2n) is 18.2. The Kier molecular flexibility index (Phi) is 7.76. The SMILES string of the molecule is C1=CC2c3ccccc3Oc3ccc(-c4nc(-c5ccc(C67CC8CC(CC(C8)C6)C7)cc5)nc(-c5ccc6sc7ccccc7c6c5)n4)cc3-c3ccccc3C2C=C1. The van der Waals surface area contributed by atoms with Crippen LogP contribution in [0.2, 0.25) is 0 Å². The van der Waals surface area contributed by atoms with Crippen LogP contribution in [-0.2, 0) is 5.41 Å². The van der Waals surface area contributed by atoms with Gasteiger partial charge in [0.2, 0.25) is 0 Å². The maximum absolute atomic E-state index is 6.90. The van der Waals surface area contributed by atoms with Gasteiger partial charge in [-0.05, 0) is 127 Å². The van der Waals surface area contributed by atoms with Crippen molar-refractivity contribution in [1.82, 2.24) is 15.0 Å². The van der Waals surface area contributed by atoms with Crippen molar-refractivity contribution >= 4 is 31.5 Å². The summed E-state index contributed by atoms with van der Waals surface area (Å²) >= 11 is 1.83. The Balaban J connectivity index is 0.968. The Morgan fingerprint density at radius 2 is 1.07 bits per heavy atom. The highest BCUT2D eigenvalue weighted by molar-refractivity contribution is 7.25. The lowest BCUT2D eigenvalue weighted by molar-refractivity contribution is -0.00518. The van der Waals surface area contributed by atoms with Crippen LogP contribution in [-0.4, -0.2) is 15.0 Å². The van der Waals surface area contributed by atoms with Gasteiger partial charge in [0.05, 0.1) is 0 Å². The van der Waals surface area contributed by atoms with E-state index in [9.17, 15) is 0 Å². The molecule has 3 heterocycles. The molecule has 0 saturated heterocycles. The summed E-state index contributed by atoms with van der Waals surface area (Å²) in [5, 5.41) is 2.49. The summed E-state index contributed by atoms with van der Waals surface area (Å²) in [7, 11) is 0. The van der Waals surface area contributed by atoms with Gasteiger partial charge < -0.3 is 4.74 Å². The lowest BCUT2D eigenvalue weighted by atomic mass is 9.48. The molecule has 0 radical (unpaired) electrons. The predicted molar refractivity (Wildman–Crippen MR) is 245 cm³/mol. The Hall–Kier alpha value is -6.17. The molecule has 4 nitrogen and oxygen atoms in total. The second-order valence-corrected chi connectivity index (χ2v) is 19.2. The molecule has 6 aromatic carbocycles. The number of para-hydroxylation sites is 1. The summed E-state index contributed by atoms with van der Waals surface area (Å²) in [4.78, 5) is 15.9. The molecule has 0 amide bonds. The standard InChI is InChI=1S/C55H43N3OS/c1-3-11-42-40(9-1)41-10-2-4-12-43(41)46-28-37(19-23-49(46)59-48-15-7-5-13-44(42)48)53-56-52(36-17-21-39(22-18-36)55-30-33-25-34(31-55)27-35(26-33)32-55)57-54(58-53)38-20-24-51-47(29-38)45-14-6-8-16-50(45)60-51/h1-24,28-29,33-35,40,42H,25-27,30-32H2. The van der Waals surface area contributed by atoms with Crippen molar-refractivity contribution < 1.29 is 4.74 Å². The topological polar surface area (TPSA) is 47.9 Å². The van der Waals surface area contributed by atoms with E-state index in [1.807, 2.05) is 11.3 Å². The van der Waals surface area contributed by atoms with E-state index in [2.05, 4.69) is 158 Å². The van der Waals surface area contributed by atoms with E-state index < -0.39 is 0 Å². The van der Waals surface area contributed by atoms with E-state index in [1.54, 1.807) is 0 Å². The lowest BCUT2D eigenvalue weighted by Gasteiger charge is -2.57. The van der Waals surface area contributed by atoms with Crippen molar-refractivity contribution in [3.05, 3.63) is 174 Å². The molecule has 5 heteroatoms. The smallest absolute Gasteiger partial charge is 0.164 e. The molecule has 6 aliphatic rings. The van der Waals surface area contributed by atoms with Crippen LogP contribution < -0.4 is 4.74 Å². The van der Waals surface area contributed by atoms with Crippen molar-refractivity contribution in [2.45, 2.75) is 55.8 Å². The molecule has 5 aliphatic carbocycles. The molecule has 0 N–H and O–H groups in total. The normalized spacial score (nSPS) is 24.5. The van der Waals surface area contributed by atoms with E-state index in [1.165, 1.54) is 75.4 Å². The molecule has 60 heavy (non-hydrogen) atoms. The van der Waals surface area contributed by atoms with Crippen LogP contribution in [0.4, 0.5) is 0 Å². The molecular weight excluding hydrogens is 751 g/mol. The van der Waals surface area contributed by atoms with Crippen molar-refractivity contribution in [2.24, 2.45) is 17.8 Å². The molecule has 2 unspecified atom stereocenters. The summed E-state index contributed by atoms with van der Waals surface area (Å²) in [5.41, 5.74) is 9.41. The zero-order valence-electron chi connectivity index (χ0n) is 33.3. The first-order chi connectivity index (χ1) is 29.6. The monoisotopic (exact) mass is 793 g/mol. The minimum Gasteiger partial charge on any atom is -0.456 e. The van der Waals surface area contributed by atoms with E-state index in [0.717, 1.165) is 57.1 Å². The highest BCUT2D eigenvalue weighted by Gasteiger charge is 2.51. The minimum absolute atomic E-state index is 0.154. The Labute approximate surface area is 354 Å². The summed E-state index contributed by atoms with van der Waals surface area (Å²) in [5.74, 6) is 6.74. The van der Waals surface area contributed by atoms with Crippen LogP contribution in [0.15, 0.2) is 158 Å². The summed E-state index contributed by atoms with van der Waals surface area (Å²) in [6.45, 7) is 0. The van der Waals surface area contributed by atoms with Crippen LogP contribution in [0.25, 0.3) is 65.5 Å². The lowest BCUT2D eigenvalue weighted by Crippen LogP contribution is -2.48. The fraction of sp³-hybridized carbons (Fsp3) is 0.218. The van der Waals surface area contributed by atoms with E-state index in [-0.39, 0.29) is 11.8 Å². The number of aromatic nitrogens is 3. The number of allylic oxidation sites excluding steroid dienone is 4. The van der Waals surface area contributed by atoms with Crippen molar-refractivity contribution in [2.75, 3.05) is 0 Å². The molecule has 2 aromatic heterocycles. The van der Waals surface area contributed by atoms with Gasteiger partial charge in [-0.25, -0.2) is 15.0 Å². The van der Waals surface area contributed by atoms with Crippen LogP contribution in [0, 0.1) is 17.8 Å². The first-order valence-corrected chi connectivity index (χ1v) is 22.6. The summed E-state index contributed by atoms with van der Waals surface area (Å²) < 4.78 is 9.45. The van der Waals surface area contributed by atoms with Crippen LogP contribution in [0.5, 0.6) is 11.5 Å². The number of hydrogen-bond donors (Lipinski definition) is 0. The predicted octanol–water partition coefficient (Wildman–Crippen LogP) is 14.5. The third-order valence-electron chi connectivity index (χ3n) is 14.5. The average Bonchev–Trinajstić information content (AvgIpc) is 3.68. The molecule has 0 spiro atoms. The van der Waals surface area contributed by atoms with Gasteiger partial charge in [0, 0.05) is 59.8 Å². The van der Waals surface area contributed by atoms with Gasteiger partial charge in [0.1, 0.15) is 11.5 Å². The van der Waals surface area contributed by atoms with Crippen LogP contribution in [0.3, 0.4) is 0 Å². The van der Waals surface area contributed by atoms with Crippen LogP contribution in [0.1, 0.15) is 67.1 Å². The van der Waals surface area contributed by atoms with Crippen molar-refractivity contribution in [3.63, 3.8) is 0 Å². The van der Waals surface area contributed by atoms with Gasteiger partial charge in [-0.1, -0.05) is 109 Å². The summed E-state index contributed by atoms with van der Waals surface area (Å²) in [6, 6.07) is 48.4. The molecule has 1 aliphatic heterocycles. The Morgan fingerprint density at radius 3 is 1.83 bits per heavy atom. The van der Waals surface area contributed by atoms with Crippen molar-refractivity contribution in [3.8, 4) is 56.8 Å². The molecule has 4 saturated carbocycles. The van der Waals surface area contributed by atoms with Gasteiger partial charge in [-0.3, -0.25) is 0 Å². The Bertz CT molecular complexity index is 3050. The molecule has 290 valence electrons. The summed E-state index contributed by atoms with van der Waals surface area (Å²) in [6.07, 6.45) is 17.4. The van der Waals surface area contributed by atoms with E-state index in [4.69, 9.17) is 19.7 Å². The zero-order valence-corrected chi connectivity index (χ0v) is 34.1. The minimum atomic E-state index is 0.154. The van der Waals surface area contributed by atoms with Gasteiger partial charge in [-0.2, -0.15) is 0 Å².